The Bertz CT molecular complexity index is 907. The summed E-state index contributed by atoms with van der Waals surface area (Å²) in [6.45, 7) is 0. The van der Waals surface area contributed by atoms with Crippen LogP contribution in [0.15, 0.2) is 54.4 Å². The van der Waals surface area contributed by atoms with Gasteiger partial charge in [-0.05, 0) is 29.1 Å². The number of nitrogens with zero attached hydrogens (tertiary/aromatic N) is 4. The first-order chi connectivity index (χ1) is 10.3. The minimum atomic E-state index is 0.752. The number of anilines is 1. The molecule has 4 aromatic rings. The third-order valence-corrected chi connectivity index (χ3v) is 4.11. The molecule has 0 aliphatic heterocycles. The summed E-state index contributed by atoms with van der Waals surface area (Å²) in [6.07, 6.45) is 5.36. The standard InChI is InChI=1S/C15H11N5S/c16-12-3-1-10(2-4-12)11-7-19-20(8-11)14-13-5-6-21-15(13)18-9-17-14/h1-9H,16H2. The largest absolute Gasteiger partial charge is 0.399 e. The number of thiophene rings is 1. The third-order valence-electron chi connectivity index (χ3n) is 3.28. The van der Waals surface area contributed by atoms with Crippen molar-refractivity contribution in [2.75, 3.05) is 5.73 Å². The van der Waals surface area contributed by atoms with Crippen LogP contribution in [0.3, 0.4) is 0 Å². The van der Waals surface area contributed by atoms with Crippen molar-refractivity contribution in [1.29, 1.82) is 0 Å². The second-order valence-electron chi connectivity index (χ2n) is 4.63. The van der Waals surface area contributed by atoms with Crippen LogP contribution in [0, 0.1) is 0 Å². The van der Waals surface area contributed by atoms with E-state index in [2.05, 4.69) is 15.1 Å². The highest BCUT2D eigenvalue weighted by Gasteiger charge is 2.09. The molecule has 0 aliphatic carbocycles. The van der Waals surface area contributed by atoms with Gasteiger partial charge in [0.15, 0.2) is 5.82 Å². The number of hydrogen-bond acceptors (Lipinski definition) is 5. The Hall–Kier alpha value is -2.73. The first-order valence-corrected chi connectivity index (χ1v) is 7.28. The summed E-state index contributed by atoms with van der Waals surface area (Å²) < 4.78 is 1.78. The molecule has 0 saturated heterocycles. The molecule has 0 radical (unpaired) electrons. The summed E-state index contributed by atoms with van der Waals surface area (Å²) in [5, 5.41) is 7.43. The second-order valence-corrected chi connectivity index (χ2v) is 5.53. The van der Waals surface area contributed by atoms with Crippen LogP contribution >= 0.6 is 11.3 Å². The molecule has 4 rings (SSSR count). The van der Waals surface area contributed by atoms with Crippen molar-refractivity contribution in [2.24, 2.45) is 0 Å². The topological polar surface area (TPSA) is 69.6 Å². The van der Waals surface area contributed by atoms with Crippen LogP contribution in [0.5, 0.6) is 0 Å². The van der Waals surface area contributed by atoms with Gasteiger partial charge in [-0.3, -0.25) is 0 Å². The number of fused-ring (bicyclic) bond motifs is 1. The summed E-state index contributed by atoms with van der Waals surface area (Å²) >= 11 is 1.59. The van der Waals surface area contributed by atoms with Crippen LogP contribution in [-0.4, -0.2) is 19.7 Å². The lowest BCUT2D eigenvalue weighted by atomic mass is 10.1. The van der Waals surface area contributed by atoms with E-state index in [4.69, 9.17) is 5.73 Å². The Morgan fingerprint density at radius 1 is 1.00 bits per heavy atom. The summed E-state index contributed by atoms with van der Waals surface area (Å²) in [5.41, 5.74) is 8.57. The third kappa shape index (κ3) is 2.05. The lowest BCUT2D eigenvalue weighted by Gasteiger charge is -2.01. The van der Waals surface area contributed by atoms with Crippen molar-refractivity contribution in [2.45, 2.75) is 0 Å². The Morgan fingerprint density at radius 3 is 2.71 bits per heavy atom. The maximum Gasteiger partial charge on any atom is 0.165 e. The van der Waals surface area contributed by atoms with E-state index < -0.39 is 0 Å². The molecule has 3 aromatic heterocycles. The maximum atomic E-state index is 5.71. The number of nitrogen functional groups attached to an aromatic ring is 1. The predicted molar refractivity (Wildman–Crippen MR) is 84.4 cm³/mol. The van der Waals surface area contributed by atoms with Gasteiger partial charge in [-0.15, -0.1) is 11.3 Å². The molecule has 21 heavy (non-hydrogen) atoms. The van der Waals surface area contributed by atoms with Gasteiger partial charge in [0.2, 0.25) is 0 Å². The van der Waals surface area contributed by atoms with Crippen LogP contribution in [0.4, 0.5) is 5.69 Å². The number of hydrogen-bond donors (Lipinski definition) is 1. The average molecular weight is 293 g/mol. The zero-order valence-electron chi connectivity index (χ0n) is 11.0. The molecule has 0 bridgehead atoms. The normalized spacial score (nSPS) is 11.0. The highest BCUT2D eigenvalue weighted by atomic mass is 32.1. The van der Waals surface area contributed by atoms with Crippen LogP contribution in [0.25, 0.3) is 27.2 Å². The zero-order chi connectivity index (χ0) is 14.2. The second kappa shape index (κ2) is 4.68. The molecule has 0 aliphatic rings. The van der Waals surface area contributed by atoms with Crippen LogP contribution < -0.4 is 5.73 Å². The van der Waals surface area contributed by atoms with Crippen LogP contribution in [0.2, 0.25) is 0 Å². The molecule has 1 aromatic carbocycles. The molecule has 0 spiro atoms. The van der Waals surface area contributed by atoms with E-state index in [0.717, 1.165) is 32.8 Å². The maximum absolute atomic E-state index is 5.71. The van der Waals surface area contributed by atoms with Gasteiger partial charge < -0.3 is 5.73 Å². The van der Waals surface area contributed by atoms with E-state index in [0.29, 0.717) is 0 Å². The molecule has 0 saturated carbocycles. The lowest BCUT2D eigenvalue weighted by Crippen LogP contribution is -1.98. The summed E-state index contributed by atoms with van der Waals surface area (Å²) in [6, 6.07) is 9.75. The number of benzene rings is 1. The van der Waals surface area contributed by atoms with Crippen molar-refractivity contribution in [3.8, 4) is 16.9 Å². The first-order valence-electron chi connectivity index (χ1n) is 6.40. The SMILES string of the molecule is Nc1ccc(-c2cnn(-c3ncnc4sccc34)c2)cc1. The van der Waals surface area contributed by atoms with Crippen LogP contribution in [-0.2, 0) is 0 Å². The Morgan fingerprint density at radius 2 is 1.86 bits per heavy atom. The van der Waals surface area contributed by atoms with E-state index in [1.54, 1.807) is 22.3 Å². The molecule has 0 amide bonds. The molecule has 5 nitrogen and oxygen atoms in total. The zero-order valence-corrected chi connectivity index (χ0v) is 11.8. The van der Waals surface area contributed by atoms with Gasteiger partial charge >= 0.3 is 0 Å². The average Bonchev–Trinajstić information content (AvgIpc) is 3.16. The summed E-state index contributed by atoms with van der Waals surface area (Å²) in [7, 11) is 0. The summed E-state index contributed by atoms with van der Waals surface area (Å²) in [5.74, 6) is 0.794. The number of aromatic nitrogens is 4. The van der Waals surface area contributed by atoms with Crippen molar-refractivity contribution in [3.63, 3.8) is 0 Å². The van der Waals surface area contributed by atoms with Crippen LogP contribution in [0.1, 0.15) is 0 Å². The van der Waals surface area contributed by atoms with E-state index in [1.807, 2.05) is 48.1 Å². The van der Waals surface area contributed by atoms with Gasteiger partial charge in [-0.1, -0.05) is 12.1 Å². The van der Waals surface area contributed by atoms with E-state index in [1.165, 1.54) is 0 Å². The van der Waals surface area contributed by atoms with E-state index >= 15 is 0 Å². The number of rotatable bonds is 2. The van der Waals surface area contributed by atoms with Crippen molar-refractivity contribution in [1.82, 2.24) is 19.7 Å². The Kier molecular flexibility index (Phi) is 2.68. The molecule has 0 unspecified atom stereocenters. The summed E-state index contributed by atoms with van der Waals surface area (Å²) in [4.78, 5) is 9.56. The molecule has 6 heteroatoms. The van der Waals surface area contributed by atoms with Crippen molar-refractivity contribution < 1.29 is 0 Å². The monoisotopic (exact) mass is 293 g/mol. The van der Waals surface area contributed by atoms with Crippen molar-refractivity contribution in [3.05, 3.63) is 54.4 Å². The Balaban J connectivity index is 1.81. The molecule has 0 fully saturated rings. The van der Waals surface area contributed by atoms with Gasteiger partial charge in [0.05, 0.1) is 11.6 Å². The lowest BCUT2D eigenvalue weighted by molar-refractivity contribution is 0.852. The highest BCUT2D eigenvalue weighted by molar-refractivity contribution is 7.16. The highest BCUT2D eigenvalue weighted by Crippen LogP contribution is 2.25. The fraction of sp³-hybridized carbons (Fsp3) is 0. The molecule has 2 N–H and O–H groups in total. The molecule has 0 atom stereocenters. The van der Waals surface area contributed by atoms with Gasteiger partial charge in [0.1, 0.15) is 11.2 Å². The fourth-order valence-corrected chi connectivity index (χ4v) is 2.95. The molecular weight excluding hydrogens is 282 g/mol. The predicted octanol–water partition coefficient (Wildman–Crippen LogP) is 3.13. The van der Waals surface area contributed by atoms with E-state index in [-0.39, 0.29) is 0 Å². The first kappa shape index (κ1) is 12.0. The quantitative estimate of drug-likeness (QED) is 0.576. The molecule has 102 valence electrons. The van der Waals surface area contributed by atoms with Gasteiger partial charge in [0, 0.05) is 17.4 Å². The van der Waals surface area contributed by atoms with Gasteiger partial charge in [-0.25, -0.2) is 14.6 Å². The minimum Gasteiger partial charge on any atom is -0.399 e. The van der Waals surface area contributed by atoms with E-state index in [9.17, 15) is 0 Å². The van der Waals surface area contributed by atoms with Crippen molar-refractivity contribution >= 4 is 27.2 Å². The smallest absolute Gasteiger partial charge is 0.165 e. The molecular formula is C15H11N5S. The fourth-order valence-electron chi connectivity index (χ4n) is 2.22. The van der Waals surface area contributed by atoms with Gasteiger partial charge in [0.25, 0.3) is 0 Å². The Labute approximate surface area is 124 Å². The number of nitrogens with two attached hydrogens (primary N) is 1. The minimum absolute atomic E-state index is 0.752. The molecule has 3 heterocycles. The van der Waals surface area contributed by atoms with Gasteiger partial charge in [-0.2, -0.15) is 5.10 Å².